The first-order valence-electron chi connectivity index (χ1n) is 10.8. The molecule has 0 spiro atoms. The first-order valence-corrected chi connectivity index (χ1v) is 11.7. The van der Waals surface area contributed by atoms with Crippen LogP contribution in [0.25, 0.3) is 0 Å². The molecule has 0 radical (unpaired) electrons. The lowest BCUT2D eigenvalue weighted by Gasteiger charge is -2.61. The van der Waals surface area contributed by atoms with Gasteiger partial charge in [-0.1, -0.05) is 42.1 Å². The van der Waals surface area contributed by atoms with Crippen molar-refractivity contribution in [1.29, 1.82) is 0 Å². The number of amidine groups is 1. The second-order valence-corrected chi connectivity index (χ2v) is 9.71. The molecule has 1 fully saturated rings. The number of hydrogen-bond acceptors (Lipinski definition) is 18. The maximum absolute atomic E-state index is 11.0. The quantitative estimate of drug-likeness (QED) is 0.148. The van der Waals surface area contributed by atoms with Gasteiger partial charge in [0.15, 0.2) is 0 Å². The largest absolute Gasteiger partial charge is 0.364 e. The van der Waals surface area contributed by atoms with E-state index in [2.05, 4.69) is 9.73 Å². The highest BCUT2D eigenvalue weighted by molar-refractivity contribution is 7.99. The standard InChI is InChI=1S/C21H25N3O14S/c25-16(26)18(29,30)24(15-11-5-1-3-7-13(11)39-14-8-4-2-6-12(14)22-15)19(31,32)17(27,28)23(16)9-10-38-21(36,37)20(33,34)35/h1-8,25-37H,9-10H2. The second-order valence-electron chi connectivity index (χ2n) is 8.62. The summed E-state index contributed by atoms with van der Waals surface area (Å²) in [4.78, 5) is 4.18. The number of piperazine rings is 1. The summed E-state index contributed by atoms with van der Waals surface area (Å²) < 4.78 is 4.17. The molecule has 0 bridgehead atoms. The van der Waals surface area contributed by atoms with Crippen LogP contribution >= 0.6 is 11.8 Å². The van der Waals surface area contributed by atoms with Crippen molar-refractivity contribution < 1.29 is 71.1 Å². The van der Waals surface area contributed by atoms with Gasteiger partial charge in [0.05, 0.1) is 12.3 Å². The van der Waals surface area contributed by atoms with E-state index in [1.165, 1.54) is 18.2 Å². The van der Waals surface area contributed by atoms with E-state index in [1.54, 1.807) is 30.3 Å². The maximum atomic E-state index is 11.0. The Labute approximate surface area is 222 Å². The van der Waals surface area contributed by atoms with Crippen LogP contribution in [0.15, 0.2) is 63.3 Å². The molecule has 214 valence electrons. The van der Waals surface area contributed by atoms with E-state index < -0.39 is 59.5 Å². The van der Waals surface area contributed by atoms with Crippen LogP contribution < -0.4 is 0 Å². The number of aliphatic imine (C=N–C) groups is 1. The normalized spacial score (nSPS) is 22.0. The molecule has 0 aliphatic carbocycles. The Morgan fingerprint density at radius 2 is 1.23 bits per heavy atom. The van der Waals surface area contributed by atoms with Crippen molar-refractivity contribution in [2.24, 2.45) is 4.99 Å². The highest BCUT2D eigenvalue weighted by Gasteiger charge is 2.77. The summed E-state index contributed by atoms with van der Waals surface area (Å²) in [5.74, 6) is -26.1. The van der Waals surface area contributed by atoms with Gasteiger partial charge in [-0.05, 0) is 18.2 Å². The molecule has 2 aromatic carbocycles. The van der Waals surface area contributed by atoms with E-state index in [-0.39, 0.29) is 16.2 Å². The summed E-state index contributed by atoms with van der Waals surface area (Å²) in [6.45, 7) is -2.80. The minimum atomic E-state index is -4.27. The molecule has 2 aromatic rings. The zero-order valence-electron chi connectivity index (χ0n) is 19.5. The first-order chi connectivity index (χ1) is 17.8. The maximum Gasteiger partial charge on any atom is 0.364 e. The Bertz CT molecular complexity index is 1250. The Morgan fingerprint density at radius 3 is 1.79 bits per heavy atom. The third kappa shape index (κ3) is 4.61. The number of para-hydroxylation sites is 1. The molecule has 0 atom stereocenters. The van der Waals surface area contributed by atoms with Crippen molar-refractivity contribution in [1.82, 2.24) is 9.80 Å². The van der Waals surface area contributed by atoms with Crippen molar-refractivity contribution in [3.8, 4) is 0 Å². The van der Waals surface area contributed by atoms with Gasteiger partial charge in [-0.2, -0.15) is 4.90 Å². The van der Waals surface area contributed by atoms with Crippen molar-refractivity contribution in [3.05, 3.63) is 54.1 Å². The third-order valence-corrected chi connectivity index (χ3v) is 7.12. The highest BCUT2D eigenvalue weighted by atomic mass is 32.2. The van der Waals surface area contributed by atoms with E-state index in [4.69, 9.17) is 15.3 Å². The Kier molecular flexibility index (Phi) is 7.11. The Morgan fingerprint density at radius 1 is 0.718 bits per heavy atom. The molecule has 0 unspecified atom stereocenters. The van der Waals surface area contributed by atoms with E-state index >= 15 is 0 Å². The van der Waals surface area contributed by atoms with Gasteiger partial charge in [-0.3, -0.25) is 0 Å². The molecule has 4 rings (SSSR count). The first kappa shape index (κ1) is 29.6. The van der Waals surface area contributed by atoms with Crippen LogP contribution in [0.4, 0.5) is 5.69 Å². The lowest BCUT2D eigenvalue weighted by atomic mass is 10.0. The van der Waals surface area contributed by atoms with Gasteiger partial charge < -0.3 is 71.1 Å². The lowest BCUT2D eigenvalue weighted by molar-refractivity contribution is -0.598. The molecule has 0 amide bonds. The summed E-state index contributed by atoms with van der Waals surface area (Å²) in [5, 5.41) is 132. The SMILES string of the molecule is OC(O)(O)C(O)(O)OCCN1C(O)(O)C(O)(O)N(C2=Nc3ccccc3Sc3ccccc32)C(O)(O)C1(O)O. The molecule has 0 saturated carbocycles. The van der Waals surface area contributed by atoms with Gasteiger partial charge in [0.25, 0.3) is 0 Å². The molecule has 2 aliphatic heterocycles. The van der Waals surface area contributed by atoms with Crippen molar-refractivity contribution >= 4 is 23.3 Å². The van der Waals surface area contributed by atoms with Crippen molar-refractivity contribution in [3.63, 3.8) is 0 Å². The van der Waals surface area contributed by atoms with Gasteiger partial charge in [-0.15, -0.1) is 0 Å². The molecule has 39 heavy (non-hydrogen) atoms. The molecule has 2 aliphatic rings. The fourth-order valence-electron chi connectivity index (χ4n) is 3.92. The van der Waals surface area contributed by atoms with Gasteiger partial charge in [0.1, 0.15) is 5.84 Å². The van der Waals surface area contributed by atoms with Crippen LogP contribution in [0.2, 0.25) is 0 Å². The smallest absolute Gasteiger partial charge is 0.347 e. The van der Waals surface area contributed by atoms with Crippen LogP contribution in [-0.4, -0.2) is 131 Å². The molecule has 1 saturated heterocycles. The topological polar surface area (TPSA) is 291 Å². The summed E-state index contributed by atoms with van der Waals surface area (Å²) >= 11 is 1.13. The highest BCUT2D eigenvalue weighted by Crippen LogP contribution is 2.47. The summed E-state index contributed by atoms with van der Waals surface area (Å²) in [5.41, 5.74) is 0.111. The summed E-state index contributed by atoms with van der Waals surface area (Å²) in [6.07, 6.45) is 0. The molecular weight excluding hydrogens is 550 g/mol. The number of fused-ring (bicyclic) bond motifs is 2. The number of benzene rings is 2. The molecule has 17 nitrogen and oxygen atoms in total. The van der Waals surface area contributed by atoms with Crippen LogP contribution in [0.1, 0.15) is 5.56 Å². The number of hydrogen-bond donors (Lipinski definition) is 13. The Hall–Kier alpha value is -2.34. The zero-order chi connectivity index (χ0) is 29.2. The van der Waals surface area contributed by atoms with Crippen LogP contribution in [0.5, 0.6) is 0 Å². The third-order valence-electron chi connectivity index (χ3n) is 5.98. The van der Waals surface area contributed by atoms with Gasteiger partial charge in [0, 0.05) is 21.9 Å². The van der Waals surface area contributed by atoms with Gasteiger partial charge in [-0.25, -0.2) is 9.89 Å². The van der Waals surface area contributed by atoms with E-state index in [0.717, 1.165) is 11.8 Å². The van der Waals surface area contributed by atoms with Crippen LogP contribution in [-0.2, 0) is 4.74 Å². The number of nitrogens with zero attached hydrogens (tertiary/aromatic N) is 3. The molecular formula is C21H25N3O14S. The fraction of sp³-hybridized carbons (Fsp3) is 0.381. The van der Waals surface area contributed by atoms with Crippen LogP contribution in [0, 0.1) is 0 Å². The fourth-order valence-corrected chi connectivity index (χ4v) is 4.94. The van der Waals surface area contributed by atoms with Crippen LogP contribution in [0.3, 0.4) is 0 Å². The zero-order valence-corrected chi connectivity index (χ0v) is 20.3. The average molecular weight is 576 g/mol. The number of ether oxygens (including phenoxy) is 1. The van der Waals surface area contributed by atoms with Crippen molar-refractivity contribution in [2.45, 2.75) is 45.4 Å². The molecule has 13 N–H and O–H groups in total. The number of rotatable bonds is 5. The lowest BCUT2D eigenvalue weighted by Crippen LogP contribution is -2.91. The molecule has 18 heteroatoms. The molecule has 2 heterocycles. The number of aliphatic hydroxyl groups is 13. The minimum Gasteiger partial charge on any atom is -0.347 e. The van der Waals surface area contributed by atoms with E-state index in [9.17, 15) is 51.1 Å². The monoisotopic (exact) mass is 575 g/mol. The minimum absolute atomic E-state index is 0.0300. The predicted molar refractivity (Wildman–Crippen MR) is 123 cm³/mol. The van der Waals surface area contributed by atoms with Gasteiger partial charge in [0.2, 0.25) is 0 Å². The Balaban J connectivity index is 1.82. The van der Waals surface area contributed by atoms with E-state index in [1.807, 2.05) is 0 Å². The predicted octanol–water partition coefficient (Wildman–Crippen LogP) is -5.31. The average Bonchev–Trinajstić information content (AvgIpc) is 2.96. The van der Waals surface area contributed by atoms with E-state index in [0.29, 0.717) is 9.79 Å². The molecule has 0 aromatic heterocycles. The summed E-state index contributed by atoms with van der Waals surface area (Å²) in [6, 6.07) is 12.3. The summed E-state index contributed by atoms with van der Waals surface area (Å²) in [7, 11) is 0. The van der Waals surface area contributed by atoms with Gasteiger partial charge >= 0.3 is 35.6 Å². The second kappa shape index (κ2) is 9.36. The van der Waals surface area contributed by atoms with Crippen molar-refractivity contribution in [2.75, 3.05) is 13.2 Å².